The number of hydrazine groups is 1. The molecule has 6 heteroatoms. The number of nitrogens with zero attached hydrogens (tertiary/aromatic N) is 2. The van der Waals surface area contributed by atoms with Crippen molar-refractivity contribution in [3.8, 4) is 0 Å². The van der Waals surface area contributed by atoms with Gasteiger partial charge in [0, 0.05) is 5.54 Å². The van der Waals surface area contributed by atoms with E-state index in [0.29, 0.717) is 16.8 Å². The van der Waals surface area contributed by atoms with Crippen molar-refractivity contribution in [2.45, 2.75) is 39.2 Å². The first-order valence-corrected chi connectivity index (χ1v) is 5.69. The van der Waals surface area contributed by atoms with Gasteiger partial charge < -0.3 is 5.32 Å². The van der Waals surface area contributed by atoms with Crippen LogP contribution in [0, 0.1) is 0 Å². The first-order valence-electron chi connectivity index (χ1n) is 5.32. The van der Waals surface area contributed by atoms with Crippen molar-refractivity contribution in [2.75, 3.05) is 10.7 Å². The van der Waals surface area contributed by atoms with E-state index in [0.717, 1.165) is 12.8 Å². The standard InChI is InChI=1S/C10H18ClN5/c1-4-10(3,5-2)15-8-7(11)6-13-9(14-8)16-12/h6H,4-5,12H2,1-3H3,(H2,13,14,15,16). The van der Waals surface area contributed by atoms with E-state index in [1.54, 1.807) is 0 Å². The average molecular weight is 244 g/mol. The molecule has 0 bridgehead atoms. The number of rotatable bonds is 5. The second kappa shape index (κ2) is 5.32. The van der Waals surface area contributed by atoms with Crippen molar-refractivity contribution in [3.05, 3.63) is 11.2 Å². The van der Waals surface area contributed by atoms with Gasteiger partial charge >= 0.3 is 0 Å². The van der Waals surface area contributed by atoms with Gasteiger partial charge in [-0.25, -0.2) is 10.8 Å². The molecule has 0 amide bonds. The number of hydrogen-bond acceptors (Lipinski definition) is 5. The number of hydrogen-bond donors (Lipinski definition) is 3. The Morgan fingerprint density at radius 1 is 1.44 bits per heavy atom. The summed E-state index contributed by atoms with van der Waals surface area (Å²) < 4.78 is 0. The molecule has 0 spiro atoms. The Hall–Kier alpha value is -1.07. The third-order valence-corrected chi connectivity index (χ3v) is 3.13. The van der Waals surface area contributed by atoms with Gasteiger partial charge in [0.05, 0.1) is 6.20 Å². The van der Waals surface area contributed by atoms with E-state index in [1.807, 2.05) is 0 Å². The fourth-order valence-corrected chi connectivity index (χ4v) is 1.38. The van der Waals surface area contributed by atoms with Gasteiger partial charge in [0.25, 0.3) is 0 Å². The molecule has 1 heterocycles. The van der Waals surface area contributed by atoms with Crippen LogP contribution in [0.2, 0.25) is 5.02 Å². The molecule has 0 radical (unpaired) electrons. The number of nitrogen functional groups attached to an aromatic ring is 1. The van der Waals surface area contributed by atoms with Crippen LogP contribution in [-0.2, 0) is 0 Å². The van der Waals surface area contributed by atoms with E-state index in [-0.39, 0.29) is 5.54 Å². The van der Waals surface area contributed by atoms with Crippen molar-refractivity contribution in [1.82, 2.24) is 9.97 Å². The lowest BCUT2D eigenvalue weighted by Crippen LogP contribution is -2.33. The van der Waals surface area contributed by atoms with Crippen LogP contribution in [0.15, 0.2) is 6.20 Å². The van der Waals surface area contributed by atoms with Crippen LogP contribution in [0.3, 0.4) is 0 Å². The molecule has 1 aromatic rings. The number of aromatic nitrogens is 2. The fraction of sp³-hybridized carbons (Fsp3) is 0.600. The highest BCUT2D eigenvalue weighted by atomic mass is 35.5. The van der Waals surface area contributed by atoms with Gasteiger partial charge in [0.15, 0.2) is 5.82 Å². The van der Waals surface area contributed by atoms with Crippen LogP contribution in [0.5, 0.6) is 0 Å². The summed E-state index contributed by atoms with van der Waals surface area (Å²) in [7, 11) is 0. The van der Waals surface area contributed by atoms with Gasteiger partial charge in [0.1, 0.15) is 5.02 Å². The lowest BCUT2D eigenvalue weighted by atomic mass is 9.96. The van der Waals surface area contributed by atoms with Crippen LogP contribution in [0.25, 0.3) is 0 Å². The molecular weight excluding hydrogens is 226 g/mol. The fourth-order valence-electron chi connectivity index (χ4n) is 1.24. The van der Waals surface area contributed by atoms with Gasteiger partial charge in [-0.2, -0.15) is 4.98 Å². The minimum Gasteiger partial charge on any atom is -0.364 e. The highest BCUT2D eigenvalue weighted by Crippen LogP contribution is 2.26. The number of halogens is 1. The molecule has 1 aromatic heterocycles. The van der Waals surface area contributed by atoms with Crippen LogP contribution in [0.1, 0.15) is 33.6 Å². The third kappa shape index (κ3) is 2.96. The van der Waals surface area contributed by atoms with Gasteiger partial charge in [-0.1, -0.05) is 25.4 Å². The zero-order valence-corrected chi connectivity index (χ0v) is 10.6. The SMILES string of the molecule is CCC(C)(CC)Nc1nc(NN)ncc1Cl. The lowest BCUT2D eigenvalue weighted by Gasteiger charge is -2.29. The predicted octanol–water partition coefficient (Wildman–Crippen LogP) is 2.41. The molecule has 5 nitrogen and oxygen atoms in total. The van der Waals surface area contributed by atoms with E-state index < -0.39 is 0 Å². The zero-order valence-electron chi connectivity index (χ0n) is 9.84. The minimum absolute atomic E-state index is 0.0239. The summed E-state index contributed by atoms with van der Waals surface area (Å²) in [6.07, 6.45) is 3.49. The first-order chi connectivity index (χ1) is 7.54. The Morgan fingerprint density at radius 2 is 2.06 bits per heavy atom. The molecule has 0 aromatic carbocycles. The Balaban J connectivity index is 2.95. The summed E-state index contributed by atoms with van der Waals surface area (Å²) in [5, 5.41) is 3.81. The van der Waals surface area contributed by atoms with Crippen LogP contribution in [0.4, 0.5) is 11.8 Å². The summed E-state index contributed by atoms with van der Waals surface area (Å²) in [6, 6.07) is 0. The first kappa shape index (κ1) is 13.0. The van der Waals surface area contributed by atoms with Gasteiger partial charge in [-0.05, 0) is 19.8 Å². The molecule has 0 atom stereocenters. The predicted molar refractivity (Wildman–Crippen MR) is 67.5 cm³/mol. The highest BCUT2D eigenvalue weighted by molar-refractivity contribution is 6.32. The largest absolute Gasteiger partial charge is 0.364 e. The molecule has 0 saturated heterocycles. The summed E-state index contributed by atoms with van der Waals surface area (Å²) >= 11 is 6.02. The molecule has 0 fully saturated rings. The molecule has 1 rings (SSSR count). The average Bonchev–Trinajstić information content (AvgIpc) is 2.32. The monoisotopic (exact) mass is 243 g/mol. The molecular formula is C10H18ClN5. The number of anilines is 2. The zero-order chi connectivity index (χ0) is 12.2. The molecule has 4 N–H and O–H groups in total. The quantitative estimate of drug-likeness (QED) is 0.547. The molecule has 0 aliphatic rings. The maximum atomic E-state index is 6.02. The third-order valence-electron chi connectivity index (χ3n) is 2.85. The van der Waals surface area contributed by atoms with Crippen molar-refractivity contribution >= 4 is 23.4 Å². The van der Waals surface area contributed by atoms with Gasteiger partial charge in [-0.3, -0.25) is 5.43 Å². The second-order valence-corrected chi connectivity index (χ2v) is 4.33. The van der Waals surface area contributed by atoms with Gasteiger partial charge in [0.2, 0.25) is 5.95 Å². The molecule has 0 aliphatic heterocycles. The van der Waals surface area contributed by atoms with E-state index in [2.05, 4.69) is 41.5 Å². The maximum Gasteiger partial charge on any atom is 0.239 e. The van der Waals surface area contributed by atoms with Crippen molar-refractivity contribution in [1.29, 1.82) is 0 Å². The molecule has 0 aliphatic carbocycles. The van der Waals surface area contributed by atoms with Gasteiger partial charge in [-0.15, -0.1) is 0 Å². The van der Waals surface area contributed by atoms with Crippen molar-refractivity contribution in [2.24, 2.45) is 5.84 Å². The molecule has 0 unspecified atom stereocenters. The lowest BCUT2D eigenvalue weighted by molar-refractivity contribution is 0.477. The Labute approximate surface area is 101 Å². The van der Waals surface area contributed by atoms with Crippen LogP contribution >= 0.6 is 11.6 Å². The van der Waals surface area contributed by atoms with Crippen molar-refractivity contribution in [3.63, 3.8) is 0 Å². The number of nitrogens with one attached hydrogen (secondary N) is 2. The number of nitrogens with two attached hydrogens (primary N) is 1. The normalized spacial score (nSPS) is 11.3. The highest BCUT2D eigenvalue weighted by Gasteiger charge is 2.21. The minimum atomic E-state index is -0.0239. The summed E-state index contributed by atoms with van der Waals surface area (Å²) in [5.74, 6) is 6.21. The molecule has 0 saturated carbocycles. The van der Waals surface area contributed by atoms with E-state index in [1.165, 1.54) is 6.20 Å². The van der Waals surface area contributed by atoms with E-state index in [9.17, 15) is 0 Å². The van der Waals surface area contributed by atoms with E-state index >= 15 is 0 Å². The molecule has 90 valence electrons. The van der Waals surface area contributed by atoms with E-state index in [4.69, 9.17) is 17.4 Å². The topological polar surface area (TPSA) is 75.9 Å². The summed E-state index contributed by atoms with van der Waals surface area (Å²) in [5.41, 5.74) is 2.37. The Kier molecular flexibility index (Phi) is 4.32. The Morgan fingerprint density at radius 3 is 2.56 bits per heavy atom. The van der Waals surface area contributed by atoms with Crippen LogP contribution in [-0.4, -0.2) is 15.5 Å². The van der Waals surface area contributed by atoms with Crippen molar-refractivity contribution < 1.29 is 0 Å². The van der Waals surface area contributed by atoms with Crippen LogP contribution < -0.4 is 16.6 Å². The second-order valence-electron chi connectivity index (χ2n) is 3.93. The summed E-state index contributed by atoms with van der Waals surface area (Å²) in [6.45, 7) is 6.36. The molecule has 16 heavy (non-hydrogen) atoms. The smallest absolute Gasteiger partial charge is 0.239 e. The summed E-state index contributed by atoms with van der Waals surface area (Å²) in [4.78, 5) is 8.10. The maximum absolute atomic E-state index is 6.02. The Bertz CT molecular complexity index is 351.